The van der Waals surface area contributed by atoms with Crippen LogP contribution in [0.2, 0.25) is 0 Å². The summed E-state index contributed by atoms with van der Waals surface area (Å²) in [5.41, 5.74) is 7.14. The van der Waals surface area contributed by atoms with Gasteiger partial charge in [0, 0.05) is 11.4 Å². The van der Waals surface area contributed by atoms with Gasteiger partial charge in [-0.05, 0) is 73.4 Å². The highest BCUT2D eigenvalue weighted by Crippen LogP contribution is 2.26. The first-order valence-corrected chi connectivity index (χ1v) is 17.7. The molecular formula is C39H65N. The van der Waals surface area contributed by atoms with Gasteiger partial charge >= 0.3 is 0 Å². The molecule has 0 unspecified atom stereocenters. The SMILES string of the molecule is CCCCCCCCCc1cc(CCCCCCCCC)cc(Nc2ccccc2CCCCCCCCC)c1. The van der Waals surface area contributed by atoms with Crippen LogP contribution in [-0.4, -0.2) is 0 Å². The highest BCUT2D eigenvalue weighted by atomic mass is 14.9. The van der Waals surface area contributed by atoms with Crippen LogP contribution in [0.1, 0.15) is 172 Å². The van der Waals surface area contributed by atoms with E-state index in [-0.39, 0.29) is 0 Å². The average Bonchev–Trinajstić information content (AvgIpc) is 2.96. The normalized spacial score (nSPS) is 11.3. The second-order valence-corrected chi connectivity index (χ2v) is 12.4. The fraction of sp³-hybridized carbons (Fsp3) is 0.692. The zero-order valence-electron chi connectivity index (χ0n) is 27.0. The Hall–Kier alpha value is -1.76. The van der Waals surface area contributed by atoms with E-state index in [1.807, 2.05) is 0 Å². The molecule has 1 N–H and O–H groups in total. The molecule has 0 amide bonds. The summed E-state index contributed by atoms with van der Waals surface area (Å²) in [6.45, 7) is 6.91. The molecule has 0 aromatic heterocycles. The fourth-order valence-electron chi connectivity index (χ4n) is 5.98. The number of benzene rings is 2. The molecule has 1 nitrogen and oxygen atoms in total. The van der Waals surface area contributed by atoms with Crippen molar-refractivity contribution in [1.82, 2.24) is 0 Å². The van der Waals surface area contributed by atoms with E-state index in [1.165, 1.54) is 182 Å². The molecule has 0 aliphatic rings. The molecule has 0 heterocycles. The Balaban J connectivity index is 1.95. The summed E-state index contributed by atoms with van der Waals surface area (Å²) in [4.78, 5) is 0. The molecule has 0 aliphatic heterocycles. The zero-order valence-corrected chi connectivity index (χ0v) is 27.0. The van der Waals surface area contributed by atoms with Crippen molar-refractivity contribution in [3.8, 4) is 0 Å². The summed E-state index contributed by atoms with van der Waals surface area (Å²) < 4.78 is 0. The van der Waals surface area contributed by atoms with E-state index in [1.54, 1.807) is 0 Å². The lowest BCUT2D eigenvalue weighted by Crippen LogP contribution is -1.99. The number of hydrogen-bond acceptors (Lipinski definition) is 1. The van der Waals surface area contributed by atoms with Crippen LogP contribution in [-0.2, 0) is 19.3 Å². The monoisotopic (exact) mass is 548 g/mol. The standard InChI is InChI=1S/C39H65N/c1-4-7-10-13-16-19-22-27-35-32-36(28-23-20-17-14-11-8-5-2)34-38(33-35)40-39-31-26-25-30-37(39)29-24-21-18-15-12-9-6-3/h25-26,30-34,40H,4-24,27-29H2,1-3H3. The third kappa shape index (κ3) is 16.5. The van der Waals surface area contributed by atoms with Crippen molar-refractivity contribution in [3.63, 3.8) is 0 Å². The van der Waals surface area contributed by atoms with Crippen LogP contribution in [0.3, 0.4) is 0 Å². The van der Waals surface area contributed by atoms with Crippen molar-refractivity contribution in [2.45, 2.75) is 175 Å². The summed E-state index contributed by atoms with van der Waals surface area (Å²) in [7, 11) is 0. The van der Waals surface area contributed by atoms with Crippen molar-refractivity contribution in [1.29, 1.82) is 0 Å². The van der Waals surface area contributed by atoms with Crippen LogP contribution in [0, 0.1) is 0 Å². The molecule has 2 rings (SSSR count). The second kappa shape index (κ2) is 23.9. The molecular weight excluding hydrogens is 482 g/mol. The molecule has 0 aliphatic carbocycles. The van der Waals surface area contributed by atoms with Crippen LogP contribution >= 0.6 is 0 Å². The molecule has 40 heavy (non-hydrogen) atoms. The maximum absolute atomic E-state index is 3.87. The minimum Gasteiger partial charge on any atom is -0.355 e. The number of rotatable bonds is 26. The van der Waals surface area contributed by atoms with Gasteiger partial charge in [0.05, 0.1) is 0 Å². The van der Waals surface area contributed by atoms with E-state index in [0.29, 0.717) is 0 Å². The third-order valence-electron chi connectivity index (χ3n) is 8.54. The zero-order chi connectivity index (χ0) is 28.5. The first-order chi connectivity index (χ1) is 19.8. The van der Waals surface area contributed by atoms with Gasteiger partial charge in [0.1, 0.15) is 0 Å². The van der Waals surface area contributed by atoms with E-state index in [9.17, 15) is 0 Å². The molecule has 0 saturated carbocycles. The Morgan fingerprint density at radius 2 is 0.825 bits per heavy atom. The smallest absolute Gasteiger partial charge is 0.0416 e. The van der Waals surface area contributed by atoms with E-state index >= 15 is 0 Å². The Kier molecular flexibility index (Phi) is 20.6. The van der Waals surface area contributed by atoms with Crippen LogP contribution in [0.15, 0.2) is 42.5 Å². The van der Waals surface area contributed by atoms with Gasteiger partial charge in [-0.1, -0.05) is 161 Å². The topological polar surface area (TPSA) is 12.0 Å². The predicted molar refractivity (Wildman–Crippen MR) is 181 cm³/mol. The molecule has 0 atom stereocenters. The molecule has 2 aromatic carbocycles. The Morgan fingerprint density at radius 3 is 1.30 bits per heavy atom. The van der Waals surface area contributed by atoms with Gasteiger partial charge in [0.2, 0.25) is 0 Å². The van der Waals surface area contributed by atoms with Gasteiger partial charge in [-0.15, -0.1) is 0 Å². The summed E-state index contributed by atoms with van der Waals surface area (Å²) >= 11 is 0. The molecule has 0 saturated heterocycles. The fourth-order valence-corrected chi connectivity index (χ4v) is 5.98. The molecule has 2 aromatic rings. The summed E-state index contributed by atoms with van der Waals surface area (Å²) in [5, 5.41) is 3.87. The van der Waals surface area contributed by atoms with Crippen LogP contribution in [0.5, 0.6) is 0 Å². The molecule has 0 bridgehead atoms. The van der Waals surface area contributed by atoms with Crippen molar-refractivity contribution >= 4 is 11.4 Å². The van der Waals surface area contributed by atoms with Crippen LogP contribution in [0.4, 0.5) is 11.4 Å². The van der Waals surface area contributed by atoms with Gasteiger partial charge < -0.3 is 5.32 Å². The quantitative estimate of drug-likeness (QED) is 0.115. The first kappa shape index (κ1) is 34.4. The lowest BCUT2D eigenvalue weighted by Gasteiger charge is -2.15. The average molecular weight is 548 g/mol. The largest absolute Gasteiger partial charge is 0.355 e. The Morgan fingerprint density at radius 1 is 0.425 bits per heavy atom. The summed E-state index contributed by atoms with van der Waals surface area (Å²) in [5.74, 6) is 0. The number of aryl methyl sites for hydroxylation is 3. The predicted octanol–water partition coefficient (Wildman–Crippen LogP) is 13.3. The summed E-state index contributed by atoms with van der Waals surface area (Å²) in [6.07, 6.45) is 32.5. The van der Waals surface area contributed by atoms with Crippen molar-refractivity contribution < 1.29 is 0 Å². The molecule has 0 spiro atoms. The minimum atomic E-state index is 1.18. The van der Waals surface area contributed by atoms with E-state index in [4.69, 9.17) is 0 Å². The maximum Gasteiger partial charge on any atom is 0.0416 e. The third-order valence-corrected chi connectivity index (χ3v) is 8.54. The lowest BCUT2D eigenvalue weighted by molar-refractivity contribution is 0.587. The highest BCUT2D eigenvalue weighted by molar-refractivity contribution is 5.64. The lowest BCUT2D eigenvalue weighted by atomic mass is 9.98. The van der Waals surface area contributed by atoms with E-state index < -0.39 is 0 Å². The van der Waals surface area contributed by atoms with Gasteiger partial charge in [-0.2, -0.15) is 0 Å². The summed E-state index contributed by atoms with van der Waals surface area (Å²) in [6, 6.07) is 16.4. The number of para-hydroxylation sites is 1. The van der Waals surface area contributed by atoms with Gasteiger partial charge in [-0.25, -0.2) is 0 Å². The van der Waals surface area contributed by atoms with Crippen LogP contribution in [0.25, 0.3) is 0 Å². The van der Waals surface area contributed by atoms with Crippen molar-refractivity contribution in [2.24, 2.45) is 0 Å². The van der Waals surface area contributed by atoms with Gasteiger partial charge in [0.15, 0.2) is 0 Å². The minimum absolute atomic E-state index is 1.18. The van der Waals surface area contributed by atoms with Gasteiger partial charge in [0.25, 0.3) is 0 Å². The van der Waals surface area contributed by atoms with Gasteiger partial charge in [-0.3, -0.25) is 0 Å². The van der Waals surface area contributed by atoms with E-state index in [2.05, 4.69) is 68.6 Å². The number of anilines is 2. The molecule has 0 radical (unpaired) electrons. The van der Waals surface area contributed by atoms with E-state index in [0.717, 1.165) is 0 Å². The molecule has 226 valence electrons. The number of hydrogen-bond donors (Lipinski definition) is 1. The van der Waals surface area contributed by atoms with Crippen LogP contribution < -0.4 is 5.32 Å². The number of unbranched alkanes of at least 4 members (excludes halogenated alkanes) is 18. The number of nitrogens with one attached hydrogen (secondary N) is 1. The van der Waals surface area contributed by atoms with Crippen molar-refractivity contribution in [3.05, 3.63) is 59.2 Å². The Bertz CT molecular complexity index is 817. The maximum atomic E-state index is 3.87. The first-order valence-electron chi connectivity index (χ1n) is 17.7. The molecule has 0 fully saturated rings. The molecule has 1 heteroatoms. The second-order valence-electron chi connectivity index (χ2n) is 12.4. The highest BCUT2D eigenvalue weighted by Gasteiger charge is 2.07. The Labute approximate surface area is 250 Å². The van der Waals surface area contributed by atoms with Crippen molar-refractivity contribution in [2.75, 3.05) is 5.32 Å².